The molecule has 1 saturated heterocycles. The summed E-state index contributed by atoms with van der Waals surface area (Å²) in [5, 5.41) is 13.1. The van der Waals surface area contributed by atoms with Gasteiger partial charge < -0.3 is 10.4 Å². The summed E-state index contributed by atoms with van der Waals surface area (Å²) >= 11 is 3.48. The van der Waals surface area contributed by atoms with Crippen molar-refractivity contribution in [2.75, 3.05) is 13.1 Å². The fourth-order valence-corrected chi connectivity index (χ4v) is 3.11. The topological polar surface area (TPSA) is 32.3 Å². The van der Waals surface area contributed by atoms with E-state index in [0.717, 1.165) is 23.5 Å². The highest BCUT2D eigenvalue weighted by molar-refractivity contribution is 9.10. The number of phenolic OH excluding ortho intramolecular Hbond substituents is 1. The van der Waals surface area contributed by atoms with Gasteiger partial charge in [0.15, 0.2) is 0 Å². The van der Waals surface area contributed by atoms with Crippen molar-refractivity contribution in [1.82, 2.24) is 5.32 Å². The molecule has 2 nitrogen and oxygen atoms in total. The van der Waals surface area contributed by atoms with E-state index in [0.29, 0.717) is 11.7 Å². The van der Waals surface area contributed by atoms with Crippen molar-refractivity contribution in [3.05, 3.63) is 28.2 Å². The average Bonchev–Trinajstić information content (AvgIpc) is 2.33. The quantitative estimate of drug-likeness (QED) is 0.873. The molecule has 0 spiro atoms. The Morgan fingerprint density at radius 2 is 2.06 bits per heavy atom. The van der Waals surface area contributed by atoms with Gasteiger partial charge in [0.05, 0.1) is 4.47 Å². The molecule has 1 fully saturated rings. The monoisotopic (exact) mass is 283 g/mol. The molecular formula is C13H18BrNO. The Bertz CT molecular complexity index is 361. The van der Waals surface area contributed by atoms with E-state index in [-0.39, 0.29) is 0 Å². The van der Waals surface area contributed by atoms with Crippen molar-refractivity contribution in [2.24, 2.45) is 5.92 Å². The van der Waals surface area contributed by atoms with Gasteiger partial charge in [-0.1, -0.05) is 19.1 Å². The van der Waals surface area contributed by atoms with E-state index in [4.69, 9.17) is 0 Å². The predicted octanol–water partition coefficient (Wildman–Crippen LogP) is 3.26. The van der Waals surface area contributed by atoms with Crippen molar-refractivity contribution in [2.45, 2.75) is 25.7 Å². The second kappa shape index (κ2) is 5.19. The van der Waals surface area contributed by atoms with Crippen LogP contribution in [0.25, 0.3) is 0 Å². The van der Waals surface area contributed by atoms with Gasteiger partial charge in [-0.2, -0.15) is 0 Å². The largest absolute Gasteiger partial charge is 0.507 e. The molecule has 0 radical (unpaired) electrons. The molecule has 0 aliphatic carbocycles. The zero-order valence-electron chi connectivity index (χ0n) is 9.54. The van der Waals surface area contributed by atoms with Gasteiger partial charge in [0.25, 0.3) is 0 Å². The number of aromatic hydroxyl groups is 1. The Labute approximate surface area is 105 Å². The molecule has 1 unspecified atom stereocenters. The Morgan fingerprint density at radius 3 is 2.75 bits per heavy atom. The Kier molecular flexibility index (Phi) is 3.87. The summed E-state index contributed by atoms with van der Waals surface area (Å²) in [6, 6.07) is 5.76. The minimum Gasteiger partial charge on any atom is -0.507 e. The molecule has 16 heavy (non-hydrogen) atoms. The van der Waals surface area contributed by atoms with Crippen LogP contribution in [0.5, 0.6) is 5.75 Å². The second-order valence-corrected chi connectivity index (χ2v) is 5.35. The normalized spacial score (nSPS) is 19.6. The first-order chi connectivity index (χ1) is 7.70. The van der Waals surface area contributed by atoms with Gasteiger partial charge in [-0.05, 0) is 65.3 Å². The molecule has 88 valence electrons. The smallest absolute Gasteiger partial charge is 0.130 e. The first kappa shape index (κ1) is 11.9. The maximum absolute atomic E-state index is 9.69. The lowest BCUT2D eigenvalue weighted by atomic mass is 9.82. The molecule has 1 aromatic carbocycles. The number of phenols is 1. The van der Waals surface area contributed by atoms with Crippen LogP contribution in [0.3, 0.4) is 0 Å². The number of nitrogens with one attached hydrogen (secondary N) is 1. The SMILES string of the molecule is CC(c1cccc(O)c1Br)C1CCNCC1. The highest BCUT2D eigenvalue weighted by atomic mass is 79.9. The molecular weight excluding hydrogens is 266 g/mol. The van der Waals surface area contributed by atoms with Crippen LogP contribution < -0.4 is 5.32 Å². The van der Waals surface area contributed by atoms with Gasteiger partial charge in [-0.15, -0.1) is 0 Å². The van der Waals surface area contributed by atoms with E-state index in [1.165, 1.54) is 18.4 Å². The molecule has 1 aromatic rings. The van der Waals surface area contributed by atoms with E-state index in [1.807, 2.05) is 6.07 Å². The van der Waals surface area contributed by atoms with Crippen LogP contribution in [0.1, 0.15) is 31.2 Å². The molecule has 0 aromatic heterocycles. The van der Waals surface area contributed by atoms with Crippen LogP contribution in [0.15, 0.2) is 22.7 Å². The average molecular weight is 284 g/mol. The van der Waals surface area contributed by atoms with Gasteiger partial charge in [0, 0.05) is 0 Å². The summed E-state index contributed by atoms with van der Waals surface area (Å²) in [4.78, 5) is 0. The molecule has 0 saturated carbocycles. The number of halogens is 1. The van der Waals surface area contributed by atoms with E-state index < -0.39 is 0 Å². The summed E-state index contributed by atoms with van der Waals surface area (Å²) in [5.74, 6) is 1.57. The highest BCUT2D eigenvalue weighted by Gasteiger charge is 2.23. The van der Waals surface area contributed by atoms with Crippen LogP contribution in [0, 0.1) is 5.92 Å². The minimum atomic E-state index is 0.346. The third kappa shape index (κ3) is 2.41. The zero-order chi connectivity index (χ0) is 11.5. The number of hydrogen-bond donors (Lipinski definition) is 2. The van der Waals surface area contributed by atoms with Gasteiger partial charge in [-0.25, -0.2) is 0 Å². The lowest BCUT2D eigenvalue weighted by molar-refractivity contribution is 0.329. The van der Waals surface area contributed by atoms with Crippen molar-refractivity contribution < 1.29 is 5.11 Å². The van der Waals surface area contributed by atoms with Crippen LogP contribution >= 0.6 is 15.9 Å². The highest BCUT2D eigenvalue weighted by Crippen LogP contribution is 2.38. The number of rotatable bonds is 2. The lowest BCUT2D eigenvalue weighted by Gasteiger charge is -2.29. The molecule has 0 bridgehead atoms. The van der Waals surface area contributed by atoms with Crippen molar-refractivity contribution in [3.8, 4) is 5.75 Å². The van der Waals surface area contributed by atoms with E-state index in [1.54, 1.807) is 6.07 Å². The minimum absolute atomic E-state index is 0.346. The second-order valence-electron chi connectivity index (χ2n) is 4.56. The fourth-order valence-electron chi connectivity index (χ4n) is 2.49. The van der Waals surface area contributed by atoms with Crippen LogP contribution in [0.4, 0.5) is 0 Å². The summed E-state index contributed by atoms with van der Waals surface area (Å²) in [6.45, 7) is 4.49. The first-order valence-corrected chi connectivity index (χ1v) is 6.67. The maximum Gasteiger partial charge on any atom is 0.130 e. The zero-order valence-corrected chi connectivity index (χ0v) is 11.1. The maximum atomic E-state index is 9.69. The third-order valence-corrected chi connectivity index (χ3v) is 4.45. The summed E-state index contributed by atoms with van der Waals surface area (Å²) in [7, 11) is 0. The molecule has 2 rings (SSSR count). The first-order valence-electron chi connectivity index (χ1n) is 5.88. The lowest BCUT2D eigenvalue weighted by Crippen LogP contribution is -2.30. The van der Waals surface area contributed by atoms with Gasteiger partial charge in [0.2, 0.25) is 0 Å². The molecule has 1 atom stereocenters. The Hall–Kier alpha value is -0.540. The molecule has 2 N–H and O–H groups in total. The van der Waals surface area contributed by atoms with E-state index in [9.17, 15) is 5.11 Å². The predicted molar refractivity (Wildman–Crippen MR) is 69.8 cm³/mol. The third-order valence-electron chi connectivity index (χ3n) is 3.59. The van der Waals surface area contributed by atoms with Crippen LogP contribution in [-0.2, 0) is 0 Å². The van der Waals surface area contributed by atoms with Crippen LogP contribution in [-0.4, -0.2) is 18.2 Å². The van der Waals surface area contributed by atoms with Crippen molar-refractivity contribution >= 4 is 15.9 Å². The number of hydrogen-bond acceptors (Lipinski definition) is 2. The molecule has 3 heteroatoms. The summed E-state index contributed by atoms with van der Waals surface area (Å²) < 4.78 is 0.862. The van der Waals surface area contributed by atoms with E-state index in [2.05, 4.69) is 34.2 Å². The Balaban J connectivity index is 2.19. The standard InChI is InChI=1S/C13H18BrNO/c1-9(10-5-7-15-8-6-10)11-3-2-4-12(16)13(11)14/h2-4,9-10,15-16H,5-8H2,1H3. The van der Waals surface area contributed by atoms with Gasteiger partial charge >= 0.3 is 0 Å². The Morgan fingerprint density at radius 1 is 1.38 bits per heavy atom. The molecule has 1 aliphatic heterocycles. The van der Waals surface area contributed by atoms with Gasteiger partial charge in [0.1, 0.15) is 5.75 Å². The molecule has 0 amide bonds. The van der Waals surface area contributed by atoms with Crippen molar-refractivity contribution in [1.29, 1.82) is 0 Å². The summed E-state index contributed by atoms with van der Waals surface area (Å²) in [6.07, 6.45) is 2.45. The molecule has 1 aliphatic rings. The van der Waals surface area contributed by atoms with Crippen LogP contribution in [0.2, 0.25) is 0 Å². The van der Waals surface area contributed by atoms with Gasteiger partial charge in [-0.3, -0.25) is 0 Å². The number of benzene rings is 1. The van der Waals surface area contributed by atoms with Crippen molar-refractivity contribution in [3.63, 3.8) is 0 Å². The summed E-state index contributed by atoms with van der Waals surface area (Å²) in [5.41, 5.74) is 1.23. The number of piperidine rings is 1. The fraction of sp³-hybridized carbons (Fsp3) is 0.538. The van der Waals surface area contributed by atoms with E-state index >= 15 is 0 Å². The molecule has 1 heterocycles.